The highest BCUT2D eigenvalue weighted by Crippen LogP contribution is 2.23. The van der Waals surface area contributed by atoms with Crippen molar-refractivity contribution in [2.45, 2.75) is 83.7 Å². The molecule has 0 amide bonds. The molecule has 1 fully saturated rings. The summed E-state index contributed by atoms with van der Waals surface area (Å²) < 4.78 is 0. The van der Waals surface area contributed by atoms with Crippen LogP contribution in [0.25, 0.3) is 0 Å². The number of carboxylic acids is 1. The van der Waals surface area contributed by atoms with E-state index in [1.165, 1.54) is 32.1 Å². The maximum absolute atomic E-state index is 11.4. The Morgan fingerprint density at radius 3 is 2.43 bits per heavy atom. The van der Waals surface area contributed by atoms with E-state index in [0.29, 0.717) is 13.0 Å². The van der Waals surface area contributed by atoms with Gasteiger partial charge in [-0.3, -0.25) is 4.79 Å². The fraction of sp³-hybridized carbons (Fsp3) is 0.941. The molecule has 0 aromatic carbocycles. The third-order valence-corrected chi connectivity index (χ3v) is 4.91. The second-order valence-electron chi connectivity index (χ2n) is 6.55. The zero-order chi connectivity index (χ0) is 15.7. The third-order valence-electron chi connectivity index (χ3n) is 4.91. The maximum Gasteiger partial charge on any atom is 0.323 e. The SMILES string of the molecule is CCNC(C)(CCCCN(CC)C1CCCCC1)C(=O)O. The second kappa shape index (κ2) is 9.42. The lowest BCUT2D eigenvalue weighted by Crippen LogP contribution is -2.49. The Balaban J connectivity index is 2.31. The predicted molar refractivity (Wildman–Crippen MR) is 87.7 cm³/mol. The van der Waals surface area contributed by atoms with Crippen molar-refractivity contribution in [2.75, 3.05) is 19.6 Å². The first kappa shape index (κ1) is 18.4. The van der Waals surface area contributed by atoms with E-state index in [9.17, 15) is 9.90 Å². The summed E-state index contributed by atoms with van der Waals surface area (Å²) in [6.07, 6.45) is 9.61. The van der Waals surface area contributed by atoms with Crippen LogP contribution in [0.1, 0.15) is 72.1 Å². The Labute approximate surface area is 130 Å². The van der Waals surface area contributed by atoms with Crippen molar-refractivity contribution in [1.29, 1.82) is 0 Å². The Morgan fingerprint density at radius 2 is 1.90 bits per heavy atom. The number of hydrogen-bond donors (Lipinski definition) is 2. The van der Waals surface area contributed by atoms with Crippen LogP contribution in [-0.4, -0.2) is 47.2 Å². The van der Waals surface area contributed by atoms with Gasteiger partial charge in [-0.05, 0) is 58.7 Å². The largest absolute Gasteiger partial charge is 0.480 e. The van der Waals surface area contributed by atoms with Crippen LogP contribution < -0.4 is 5.32 Å². The highest BCUT2D eigenvalue weighted by molar-refractivity contribution is 5.78. The van der Waals surface area contributed by atoms with E-state index >= 15 is 0 Å². The monoisotopic (exact) mass is 298 g/mol. The fourth-order valence-electron chi connectivity index (χ4n) is 3.50. The van der Waals surface area contributed by atoms with E-state index in [0.717, 1.165) is 32.0 Å². The van der Waals surface area contributed by atoms with Gasteiger partial charge in [-0.15, -0.1) is 0 Å². The maximum atomic E-state index is 11.4. The lowest BCUT2D eigenvalue weighted by molar-refractivity contribution is -0.144. The van der Waals surface area contributed by atoms with Gasteiger partial charge < -0.3 is 15.3 Å². The van der Waals surface area contributed by atoms with Crippen LogP contribution in [0.2, 0.25) is 0 Å². The van der Waals surface area contributed by atoms with Gasteiger partial charge in [0.25, 0.3) is 0 Å². The molecule has 0 spiro atoms. The van der Waals surface area contributed by atoms with Crippen LogP contribution in [0, 0.1) is 0 Å². The Hall–Kier alpha value is -0.610. The highest BCUT2D eigenvalue weighted by Gasteiger charge is 2.31. The molecule has 0 aromatic rings. The minimum Gasteiger partial charge on any atom is -0.480 e. The van der Waals surface area contributed by atoms with Crippen LogP contribution >= 0.6 is 0 Å². The highest BCUT2D eigenvalue weighted by atomic mass is 16.4. The average Bonchev–Trinajstić information content (AvgIpc) is 2.48. The van der Waals surface area contributed by atoms with Gasteiger partial charge in [0.05, 0.1) is 0 Å². The molecule has 1 aliphatic rings. The van der Waals surface area contributed by atoms with Gasteiger partial charge in [-0.2, -0.15) is 0 Å². The van der Waals surface area contributed by atoms with Crippen molar-refractivity contribution < 1.29 is 9.90 Å². The molecule has 0 saturated heterocycles. The molecule has 2 N–H and O–H groups in total. The summed E-state index contributed by atoms with van der Waals surface area (Å²) >= 11 is 0. The molecule has 1 atom stereocenters. The summed E-state index contributed by atoms with van der Waals surface area (Å²) in [5, 5.41) is 12.5. The summed E-state index contributed by atoms with van der Waals surface area (Å²) in [5.41, 5.74) is -0.767. The second-order valence-corrected chi connectivity index (χ2v) is 6.55. The molecule has 0 radical (unpaired) electrons. The topological polar surface area (TPSA) is 52.6 Å². The van der Waals surface area contributed by atoms with Crippen LogP contribution in [0.4, 0.5) is 0 Å². The van der Waals surface area contributed by atoms with Gasteiger partial charge in [0.15, 0.2) is 0 Å². The first-order valence-corrected chi connectivity index (χ1v) is 8.76. The molecular formula is C17H34N2O2. The quantitative estimate of drug-likeness (QED) is 0.608. The Kier molecular flexibility index (Phi) is 8.27. The molecule has 0 heterocycles. The van der Waals surface area contributed by atoms with Gasteiger partial charge in [0.1, 0.15) is 5.54 Å². The fourth-order valence-corrected chi connectivity index (χ4v) is 3.50. The van der Waals surface area contributed by atoms with Crippen molar-refractivity contribution in [2.24, 2.45) is 0 Å². The number of rotatable bonds is 10. The number of carbonyl (C=O) groups is 1. The number of aliphatic carboxylic acids is 1. The van der Waals surface area contributed by atoms with Crippen molar-refractivity contribution in [1.82, 2.24) is 10.2 Å². The van der Waals surface area contributed by atoms with Crippen molar-refractivity contribution in [3.8, 4) is 0 Å². The van der Waals surface area contributed by atoms with Crippen LogP contribution in [0.3, 0.4) is 0 Å². The van der Waals surface area contributed by atoms with E-state index in [-0.39, 0.29) is 0 Å². The zero-order valence-electron chi connectivity index (χ0n) is 14.2. The van der Waals surface area contributed by atoms with Crippen molar-refractivity contribution >= 4 is 5.97 Å². The van der Waals surface area contributed by atoms with E-state index < -0.39 is 11.5 Å². The molecule has 0 aromatic heterocycles. The lowest BCUT2D eigenvalue weighted by Gasteiger charge is -2.34. The minimum atomic E-state index is -0.767. The molecule has 1 saturated carbocycles. The lowest BCUT2D eigenvalue weighted by atomic mass is 9.93. The molecule has 4 nitrogen and oxygen atoms in total. The number of hydrogen-bond acceptors (Lipinski definition) is 3. The van der Waals surface area contributed by atoms with Gasteiger partial charge in [-0.1, -0.05) is 33.1 Å². The average molecular weight is 298 g/mol. The van der Waals surface area contributed by atoms with Gasteiger partial charge in [0, 0.05) is 6.04 Å². The zero-order valence-corrected chi connectivity index (χ0v) is 14.2. The molecule has 4 heteroatoms. The van der Waals surface area contributed by atoms with E-state index in [1.807, 2.05) is 6.92 Å². The smallest absolute Gasteiger partial charge is 0.323 e. The number of nitrogens with zero attached hydrogens (tertiary/aromatic N) is 1. The van der Waals surface area contributed by atoms with Crippen LogP contribution in [0.5, 0.6) is 0 Å². The summed E-state index contributed by atoms with van der Waals surface area (Å²) in [6.45, 7) is 8.94. The summed E-state index contributed by atoms with van der Waals surface area (Å²) in [7, 11) is 0. The molecule has 0 bridgehead atoms. The Morgan fingerprint density at radius 1 is 1.24 bits per heavy atom. The number of likely N-dealkylation sites (N-methyl/N-ethyl adjacent to an activating group) is 1. The molecule has 124 valence electrons. The van der Waals surface area contributed by atoms with E-state index in [1.54, 1.807) is 6.92 Å². The van der Waals surface area contributed by atoms with Gasteiger partial charge in [-0.25, -0.2) is 0 Å². The normalized spacial score (nSPS) is 19.6. The molecule has 0 aliphatic heterocycles. The van der Waals surface area contributed by atoms with E-state index in [4.69, 9.17) is 0 Å². The van der Waals surface area contributed by atoms with Crippen molar-refractivity contribution in [3.63, 3.8) is 0 Å². The van der Waals surface area contributed by atoms with Crippen LogP contribution in [-0.2, 0) is 4.79 Å². The third kappa shape index (κ3) is 5.95. The molecule has 21 heavy (non-hydrogen) atoms. The van der Waals surface area contributed by atoms with Crippen molar-refractivity contribution in [3.05, 3.63) is 0 Å². The summed E-state index contributed by atoms with van der Waals surface area (Å²) in [5.74, 6) is -0.732. The van der Waals surface area contributed by atoms with Gasteiger partial charge >= 0.3 is 5.97 Å². The summed E-state index contributed by atoms with van der Waals surface area (Å²) in [6, 6.07) is 0.767. The molecule has 1 aliphatic carbocycles. The minimum absolute atomic E-state index is 0.700. The number of carboxylic acid groups (broad SMARTS) is 1. The predicted octanol–water partition coefficient (Wildman–Crippen LogP) is 3.26. The first-order chi connectivity index (χ1) is 10.0. The molecular weight excluding hydrogens is 264 g/mol. The van der Waals surface area contributed by atoms with E-state index in [2.05, 4.69) is 17.1 Å². The molecule has 1 unspecified atom stereocenters. The Bertz CT molecular complexity index is 303. The van der Waals surface area contributed by atoms with Gasteiger partial charge in [0.2, 0.25) is 0 Å². The standard InChI is InChI=1S/C17H34N2O2/c1-4-18-17(3,16(20)21)13-9-10-14-19(5-2)15-11-7-6-8-12-15/h15,18H,4-14H2,1-3H3,(H,20,21). The number of unbranched alkanes of at least 4 members (excludes halogenated alkanes) is 1. The number of nitrogens with one attached hydrogen (secondary N) is 1. The first-order valence-electron chi connectivity index (χ1n) is 8.76. The molecule has 1 rings (SSSR count). The van der Waals surface area contributed by atoms with Crippen LogP contribution in [0.15, 0.2) is 0 Å². The summed E-state index contributed by atoms with van der Waals surface area (Å²) in [4.78, 5) is 14.0.